The van der Waals surface area contributed by atoms with E-state index in [4.69, 9.17) is 0 Å². The predicted octanol–water partition coefficient (Wildman–Crippen LogP) is 4.38. The summed E-state index contributed by atoms with van der Waals surface area (Å²) >= 11 is 0. The van der Waals surface area contributed by atoms with E-state index in [-0.39, 0.29) is 0 Å². The highest BCUT2D eigenvalue weighted by atomic mass is 15.2. The van der Waals surface area contributed by atoms with Gasteiger partial charge < -0.3 is 0 Å². The number of hydrogen-bond donors (Lipinski definition) is 0. The number of hydrogen-bond acceptors (Lipinski definition) is 1. The zero-order valence-corrected chi connectivity index (χ0v) is 15.4. The van der Waals surface area contributed by atoms with Crippen LogP contribution in [0.5, 0.6) is 0 Å². The second-order valence-corrected chi connectivity index (χ2v) is 8.87. The SMILES string of the molecule is BC1CCCCC2C(C1)C(CC(C)C)CN(C(C)C)C2C. The lowest BCUT2D eigenvalue weighted by molar-refractivity contribution is -0.0249. The van der Waals surface area contributed by atoms with Crippen molar-refractivity contribution < 1.29 is 0 Å². The van der Waals surface area contributed by atoms with Crippen molar-refractivity contribution in [2.75, 3.05) is 6.54 Å². The fourth-order valence-corrected chi connectivity index (χ4v) is 5.34. The molecule has 2 fully saturated rings. The second kappa shape index (κ2) is 7.53. The molecule has 5 atom stereocenters. The Morgan fingerprint density at radius 1 is 1.05 bits per heavy atom. The molecule has 0 bridgehead atoms. The van der Waals surface area contributed by atoms with Crippen LogP contribution < -0.4 is 0 Å². The average molecular weight is 291 g/mol. The minimum absolute atomic E-state index is 0.707. The Labute approximate surface area is 134 Å². The number of nitrogens with zero attached hydrogens (tertiary/aromatic N) is 1. The van der Waals surface area contributed by atoms with Crippen LogP contribution in [-0.2, 0) is 0 Å². The van der Waals surface area contributed by atoms with E-state index < -0.39 is 0 Å². The van der Waals surface area contributed by atoms with E-state index in [1.165, 1.54) is 45.1 Å². The Kier molecular flexibility index (Phi) is 6.23. The van der Waals surface area contributed by atoms with Crippen LogP contribution in [0.15, 0.2) is 0 Å². The maximum atomic E-state index is 2.82. The summed E-state index contributed by atoms with van der Waals surface area (Å²) in [5, 5.41) is 0. The predicted molar refractivity (Wildman–Crippen MR) is 96.6 cm³/mol. The Morgan fingerprint density at radius 3 is 2.33 bits per heavy atom. The quantitative estimate of drug-likeness (QED) is 0.698. The Morgan fingerprint density at radius 2 is 1.71 bits per heavy atom. The van der Waals surface area contributed by atoms with Crippen LogP contribution in [-0.4, -0.2) is 31.4 Å². The summed E-state index contributed by atoms with van der Waals surface area (Å²) in [6, 6.07) is 1.50. The molecule has 21 heavy (non-hydrogen) atoms. The first-order valence-corrected chi connectivity index (χ1v) is 9.65. The topological polar surface area (TPSA) is 3.24 Å². The second-order valence-electron chi connectivity index (χ2n) is 8.87. The van der Waals surface area contributed by atoms with E-state index in [9.17, 15) is 0 Å². The number of piperidine rings is 1. The molecule has 0 N–H and O–H groups in total. The minimum Gasteiger partial charge on any atom is -0.298 e. The molecule has 5 unspecified atom stereocenters. The van der Waals surface area contributed by atoms with Crippen molar-refractivity contribution in [1.29, 1.82) is 0 Å². The monoisotopic (exact) mass is 291 g/mol. The van der Waals surface area contributed by atoms with Crippen LogP contribution in [0.4, 0.5) is 0 Å². The molecular formula is C19H38BN. The third-order valence-corrected chi connectivity index (χ3v) is 6.34. The molecule has 122 valence electrons. The highest BCUT2D eigenvalue weighted by Gasteiger charge is 2.42. The van der Waals surface area contributed by atoms with Gasteiger partial charge in [0.15, 0.2) is 0 Å². The molecule has 0 aromatic rings. The van der Waals surface area contributed by atoms with E-state index in [1.54, 1.807) is 0 Å². The lowest BCUT2D eigenvalue weighted by Crippen LogP contribution is -2.55. The summed E-state index contributed by atoms with van der Waals surface area (Å²) in [6.45, 7) is 13.5. The van der Waals surface area contributed by atoms with Crippen LogP contribution in [0.25, 0.3) is 0 Å². The van der Waals surface area contributed by atoms with Gasteiger partial charge >= 0.3 is 0 Å². The van der Waals surface area contributed by atoms with Gasteiger partial charge in [-0.05, 0) is 57.3 Å². The van der Waals surface area contributed by atoms with Gasteiger partial charge in [-0.3, -0.25) is 4.90 Å². The maximum Gasteiger partial charge on any atom is 0.105 e. The molecule has 0 amide bonds. The molecule has 1 nitrogen and oxygen atoms in total. The zero-order chi connectivity index (χ0) is 15.6. The van der Waals surface area contributed by atoms with Crippen molar-refractivity contribution in [2.45, 2.75) is 91.0 Å². The summed E-state index contributed by atoms with van der Waals surface area (Å²) in [5.74, 6) is 4.68. The van der Waals surface area contributed by atoms with Gasteiger partial charge in [0.2, 0.25) is 0 Å². The molecule has 1 aliphatic heterocycles. The Hall–Kier alpha value is 0.0249. The third kappa shape index (κ3) is 4.27. The summed E-state index contributed by atoms with van der Waals surface area (Å²) in [6.07, 6.45) is 8.82. The number of likely N-dealkylation sites (tertiary alicyclic amines) is 1. The maximum absolute atomic E-state index is 2.82. The lowest BCUT2D eigenvalue weighted by atomic mass is 9.61. The zero-order valence-electron chi connectivity index (χ0n) is 15.4. The van der Waals surface area contributed by atoms with Crippen molar-refractivity contribution in [3.8, 4) is 0 Å². The average Bonchev–Trinajstić information content (AvgIpc) is 2.36. The Balaban J connectivity index is 2.20. The number of rotatable bonds is 3. The highest BCUT2D eigenvalue weighted by Crippen LogP contribution is 2.45. The number of fused-ring (bicyclic) bond motifs is 1. The van der Waals surface area contributed by atoms with Gasteiger partial charge in [-0.1, -0.05) is 45.3 Å². The molecule has 1 aliphatic carbocycles. The summed E-state index contributed by atoms with van der Waals surface area (Å²) in [7, 11) is 2.51. The Bertz CT molecular complexity index is 315. The van der Waals surface area contributed by atoms with Gasteiger partial charge in [-0.25, -0.2) is 0 Å². The summed E-state index contributed by atoms with van der Waals surface area (Å²) < 4.78 is 0. The first-order chi connectivity index (χ1) is 9.90. The summed E-state index contributed by atoms with van der Waals surface area (Å²) in [4.78, 5) is 2.82. The van der Waals surface area contributed by atoms with Crippen molar-refractivity contribution in [3.63, 3.8) is 0 Å². The normalized spacial score (nSPS) is 39.1. The smallest absolute Gasteiger partial charge is 0.105 e. The molecule has 2 heteroatoms. The van der Waals surface area contributed by atoms with Gasteiger partial charge in [-0.15, -0.1) is 0 Å². The summed E-state index contributed by atoms with van der Waals surface area (Å²) in [5.41, 5.74) is 0. The van der Waals surface area contributed by atoms with E-state index in [2.05, 4.69) is 47.4 Å². The fourth-order valence-electron chi connectivity index (χ4n) is 5.34. The van der Waals surface area contributed by atoms with Crippen LogP contribution in [0.3, 0.4) is 0 Å². The van der Waals surface area contributed by atoms with Crippen molar-refractivity contribution in [2.24, 2.45) is 23.7 Å². The van der Waals surface area contributed by atoms with Crippen molar-refractivity contribution in [3.05, 3.63) is 0 Å². The molecule has 0 aromatic carbocycles. The molecule has 1 saturated heterocycles. The van der Waals surface area contributed by atoms with Gasteiger partial charge in [0.05, 0.1) is 0 Å². The van der Waals surface area contributed by atoms with Crippen LogP contribution in [0.1, 0.15) is 73.1 Å². The molecule has 2 aliphatic rings. The molecule has 1 heterocycles. The first-order valence-electron chi connectivity index (χ1n) is 9.65. The third-order valence-electron chi connectivity index (χ3n) is 6.34. The standard InChI is InChI=1S/C19H38BN/c1-13(2)10-16-12-21(14(3)4)15(5)18-9-7-6-8-17(20)11-19(16)18/h13-19H,6-12,20H2,1-5H3. The fraction of sp³-hybridized carbons (Fsp3) is 1.00. The van der Waals surface area contributed by atoms with Crippen LogP contribution >= 0.6 is 0 Å². The van der Waals surface area contributed by atoms with Gasteiger partial charge in [0.1, 0.15) is 7.85 Å². The largest absolute Gasteiger partial charge is 0.298 e. The molecule has 2 rings (SSSR count). The molecule has 1 saturated carbocycles. The van der Waals surface area contributed by atoms with E-state index in [0.717, 1.165) is 35.5 Å². The molecule has 0 aromatic heterocycles. The molecular weight excluding hydrogens is 253 g/mol. The minimum atomic E-state index is 0.707. The first kappa shape index (κ1) is 17.4. The van der Waals surface area contributed by atoms with Crippen molar-refractivity contribution >= 4 is 7.85 Å². The van der Waals surface area contributed by atoms with E-state index in [0.29, 0.717) is 6.04 Å². The van der Waals surface area contributed by atoms with E-state index in [1.807, 2.05) is 0 Å². The molecule has 0 spiro atoms. The molecule has 0 radical (unpaired) electrons. The van der Waals surface area contributed by atoms with Crippen LogP contribution in [0, 0.1) is 23.7 Å². The van der Waals surface area contributed by atoms with Crippen LogP contribution in [0.2, 0.25) is 5.82 Å². The lowest BCUT2D eigenvalue weighted by Gasteiger charge is -2.52. The van der Waals surface area contributed by atoms with Gasteiger partial charge in [-0.2, -0.15) is 0 Å². The van der Waals surface area contributed by atoms with Crippen molar-refractivity contribution in [1.82, 2.24) is 4.90 Å². The highest BCUT2D eigenvalue weighted by molar-refractivity contribution is 6.11. The van der Waals surface area contributed by atoms with Gasteiger partial charge in [0, 0.05) is 18.6 Å². The van der Waals surface area contributed by atoms with E-state index >= 15 is 0 Å². The van der Waals surface area contributed by atoms with Gasteiger partial charge in [0.25, 0.3) is 0 Å².